The van der Waals surface area contributed by atoms with Gasteiger partial charge in [-0.25, -0.2) is 0 Å². The van der Waals surface area contributed by atoms with E-state index in [1.807, 2.05) is 7.05 Å². The third-order valence-electron chi connectivity index (χ3n) is 3.57. The van der Waals surface area contributed by atoms with Gasteiger partial charge in [0.15, 0.2) is 0 Å². The molecule has 3 nitrogen and oxygen atoms in total. The summed E-state index contributed by atoms with van der Waals surface area (Å²) in [5.41, 5.74) is 2.51. The van der Waals surface area contributed by atoms with Crippen molar-refractivity contribution in [3.63, 3.8) is 0 Å². The third-order valence-corrected chi connectivity index (χ3v) is 3.57. The molecule has 0 aromatic heterocycles. The van der Waals surface area contributed by atoms with Crippen molar-refractivity contribution in [3.05, 3.63) is 24.3 Å². The van der Waals surface area contributed by atoms with Crippen LogP contribution < -0.4 is 9.80 Å². The fourth-order valence-electron chi connectivity index (χ4n) is 2.42. The summed E-state index contributed by atoms with van der Waals surface area (Å²) >= 11 is 0. The molecule has 1 saturated heterocycles. The van der Waals surface area contributed by atoms with Crippen LogP contribution >= 0.6 is 0 Å². The molecule has 0 spiro atoms. The normalized spacial score (nSPS) is 15.2. The minimum absolute atomic E-state index is 0.574. The lowest BCUT2D eigenvalue weighted by atomic mass is 10.1. The minimum Gasteiger partial charge on any atom is -0.374 e. The fraction of sp³-hybridized carbons (Fsp3) is 0.533. The summed E-state index contributed by atoms with van der Waals surface area (Å²) < 4.78 is 0. The van der Waals surface area contributed by atoms with Crippen LogP contribution in [0.25, 0.3) is 0 Å². The molecule has 0 unspecified atom stereocenters. The third kappa shape index (κ3) is 3.16. The largest absolute Gasteiger partial charge is 0.374 e. The Morgan fingerprint density at radius 2 is 1.83 bits per heavy atom. The summed E-state index contributed by atoms with van der Waals surface area (Å²) in [6.45, 7) is 3.16. The molecular formula is C15H21N3. The molecule has 0 saturated carbocycles. The standard InChI is InChI=1S/C15H21N3/c1-17(11-5-10-16)14-6-8-15(9-7-14)18-12-3-2-4-13-18/h6-9H,2-5,11-13H2,1H3. The average molecular weight is 243 g/mol. The van der Waals surface area contributed by atoms with Crippen LogP contribution in [0.3, 0.4) is 0 Å². The van der Waals surface area contributed by atoms with E-state index in [4.69, 9.17) is 5.26 Å². The predicted molar refractivity (Wildman–Crippen MR) is 76.0 cm³/mol. The van der Waals surface area contributed by atoms with Gasteiger partial charge in [0.05, 0.1) is 12.5 Å². The molecule has 1 aromatic rings. The zero-order valence-corrected chi connectivity index (χ0v) is 11.1. The van der Waals surface area contributed by atoms with Crippen molar-refractivity contribution in [2.45, 2.75) is 25.7 Å². The molecular weight excluding hydrogens is 222 g/mol. The lowest BCUT2D eigenvalue weighted by Gasteiger charge is -2.29. The van der Waals surface area contributed by atoms with Gasteiger partial charge in [0.1, 0.15) is 0 Å². The Kier molecular flexibility index (Phi) is 4.46. The van der Waals surface area contributed by atoms with Crippen LogP contribution in [0.2, 0.25) is 0 Å². The van der Waals surface area contributed by atoms with E-state index in [0.717, 1.165) is 6.54 Å². The van der Waals surface area contributed by atoms with Gasteiger partial charge in [-0.3, -0.25) is 0 Å². The first-order valence-corrected chi connectivity index (χ1v) is 6.74. The van der Waals surface area contributed by atoms with Crippen molar-refractivity contribution in [2.24, 2.45) is 0 Å². The van der Waals surface area contributed by atoms with E-state index in [1.165, 1.54) is 43.7 Å². The molecule has 18 heavy (non-hydrogen) atoms. The van der Waals surface area contributed by atoms with Crippen molar-refractivity contribution in [2.75, 3.05) is 36.5 Å². The molecule has 1 fully saturated rings. The Labute approximate surface area is 110 Å². The Morgan fingerprint density at radius 1 is 1.17 bits per heavy atom. The molecule has 0 bridgehead atoms. The van der Waals surface area contributed by atoms with Gasteiger partial charge in [-0.2, -0.15) is 5.26 Å². The second-order valence-corrected chi connectivity index (χ2v) is 4.89. The summed E-state index contributed by atoms with van der Waals surface area (Å²) in [6.07, 6.45) is 4.56. The van der Waals surface area contributed by atoms with Crippen LogP contribution in [0.1, 0.15) is 25.7 Å². The van der Waals surface area contributed by atoms with Crippen LogP contribution in [0.5, 0.6) is 0 Å². The molecule has 1 aromatic carbocycles. The fourth-order valence-corrected chi connectivity index (χ4v) is 2.42. The van der Waals surface area contributed by atoms with Crippen LogP contribution in [0, 0.1) is 11.3 Å². The molecule has 1 aliphatic rings. The highest BCUT2D eigenvalue weighted by Gasteiger charge is 2.10. The van der Waals surface area contributed by atoms with Crippen LogP contribution in [-0.4, -0.2) is 26.7 Å². The number of hydrogen-bond donors (Lipinski definition) is 0. The molecule has 0 aliphatic carbocycles. The van der Waals surface area contributed by atoms with Crippen molar-refractivity contribution in [1.82, 2.24) is 0 Å². The van der Waals surface area contributed by atoms with Gasteiger partial charge in [-0.1, -0.05) is 0 Å². The average Bonchev–Trinajstić information content (AvgIpc) is 2.46. The molecule has 1 aliphatic heterocycles. The first kappa shape index (κ1) is 12.8. The van der Waals surface area contributed by atoms with Gasteiger partial charge in [0.25, 0.3) is 0 Å². The van der Waals surface area contributed by atoms with Crippen LogP contribution in [0.15, 0.2) is 24.3 Å². The molecule has 96 valence electrons. The Balaban J connectivity index is 1.98. The summed E-state index contributed by atoms with van der Waals surface area (Å²) in [7, 11) is 2.03. The molecule has 0 radical (unpaired) electrons. The molecule has 2 rings (SSSR count). The second kappa shape index (κ2) is 6.30. The van der Waals surface area contributed by atoms with E-state index in [0.29, 0.717) is 6.42 Å². The van der Waals surface area contributed by atoms with Gasteiger partial charge in [0, 0.05) is 38.1 Å². The first-order valence-electron chi connectivity index (χ1n) is 6.74. The smallest absolute Gasteiger partial charge is 0.0640 e. The maximum Gasteiger partial charge on any atom is 0.0640 e. The number of anilines is 2. The maximum absolute atomic E-state index is 8.59. The lowest BCUT2D eigenvalue weighted by molar-refractivity contribution is 0.578. The van der Waals surface area contributed by atoms with E-state index < -0.39 is 0 Å². The predicted octanol–water partition coefficient (Wildman–Crippen LogP) is 3.03. The van der Waals surface area contributed by atoms with Gasteiger partial charge in [-0.05, 0) is 43.5 Å². The summed E-state index contributed by atoms with van der Waals surface area (Å²) in [5, 5.41) is 8.59. The second-order valence-electron chi connectivity index (χ2n) is 4.89. The van der Waals surface area contributed by atoms with E-state index in [-0.39, 0.29) is 0 Å². The zero-order chi connectivity index (χ0) is 12.8. The number of piperidine rings is 1. The highest BCUT2D eigenvalue weighted by molar-refractivity contribution is 5.56. The Bertz CT molecular complexity index is 399. The topological polar surface area (TPSA) is 30.3 Å². The van der Waals surface area contributed by atoms with E-state index >= 15 is 0 Å². The zero-order valence-electron chi connectivity index (χ0n) is 11.1. The van der Waals surface area contributed by atoms with Crippen molar-refractivity contribution >= 4 is 11.4 Å². The van der Waals surface area contributed by atoms with E-state index in [1.54, 1.807) is 0 Å². The van der Waals surface area contributed by atoms with Crippen molar-refractivity contribution in [3.8, 4) is 6.07 Å². The molecule has 0 atom stereocenters. The van der Waals surface area contributed by atoms with Gasteiger partial charge in [0.2, 0.25) is 0 Å². The highest BCUT2D eigenvalue weighted by Crippen LogP contribution is 2.23. The summed E-state index contributed by atoms with van der Waals surface area (Å²) in [6, 6.07) is 10.9. The monoisotopic (exact) mass is 243 g/mol. The Morgan fingerprint density at radius 3 is 2.44 bits per heavy atom. The van der Waals surface area contributed by atoms with Crippen LogP contribution in [0.4, 0.5) is 11.4 Å². The summed E-state index contributed by atoms with van der Waals surface area (Å²) in [4.78, 5) is 4.59. The molecule has 3 heteroatoms. The molecule has 0 N–H and O–H groups in total. The van der Waals surface area contributed by atoms with E-state index in [9.17, 15) is 0 Å². The number of nitriles is 1. The number of nitrogens with zero attached hydrogens (tertiary/aromatic N) is 3. The van der Waals surface area contributed by atoms with Crippen molar-refractivity contribution < 1.29 is 0 Å². The van der Waals surface area contributed by atoms with Crippen molar-refractivity contribution in [1.29, 1.82) is 5.26 Å². The van der Waals surface area contributed by atoms with E-state index in [2.05, 4.69) is 40.1 Å². The number of rotatable bonds is 4. The van der Waals surface area contributed by atoms with Gasteiger partial charge in [-0.15, -0.1) is 0 Å². The molecule has 0 amide bonds. The number of hydrogen-bond acceptors (Lipinski definition) is 3. The lowest BCUT2D eigenvalue weighted by Crippen LogP contribution is -2.29. The first-order chi connectivity index (χ1) is 8.81. The maximum atomic E-state index is 8.59. The highest BCUT2D eigenvalue weighted by atomic mass is 15.1. The quantitative estimate of drug-likeness (QED) is 0.814. The van der Waals surface area contributed by atoms with Gasteiger partial charge >= 0.3 is 0 Å². The Hall–Kier alpha value is -1.69. The SMILES string of the molecule is CN(CCC#N)c1ccc(N2CCCCC2)cc1. The summed E-state index contributed by atoms with van der Waals surface area (Å²) in [5.74, 6) is 0. The minimum atomic E-state index is 0.574. The molecule has 1 heterocycles. The number of benzene rings is 1. The van der Waals surface area contributed by atoms with Crippen LogP contribution in [-0.2, 0) is 0 Å². The van der Waals surface area contributed by atoms with Gasteiger partial charge < -0.3 is 9.80 Å².